The van der Waals surface area contributed by atoms with Gasteiger partial charge >= 0.3 is 5.69 Å². The predicted octanol–water partition coefficient (Wildman–Crippen LogP) is 3.46. The van der Waals surface area contributed by atoms with Gasteiger partial charge in [0.15, 0.2) is 0 Å². The van der Waals surface area contributed by atoms with E-state index in [-0.39, 0.29) is 16.8 Å². The molecular formula is C13H17N3O2. The van der Waals surface area contributed by atoms with Gasteiger partial charge in [0.2, 0.25) is 0 Å². The van der Waals surface area contributed by atoms with Crippen molar-refractivity contribution in [2.24, 2.45) is 0 Å². The van der Waals surface area contributed by atoms with Gasteiger partial charge in [-0.1, -0.05) is 19.9 Å². The highest BCUT2D eigenvalue weighted by Gasteiger charge is 2.25. The molecular weight excluding hydrogens is 230 g/mol. The van der Waals surface area contributed by atoms with Crippen LogP contribution in [0.15, 0.2) is 18.2 Å². The first-order valence-electron chi connectivity index (χ1n) is 5.93. The number of hydrogen-bond donors (Lipinski definition) is 1. The number of hydrogen-bond acceptors (Lipinski definition) is 4. The van der Waals surface area contributed by atoms with Gasteiger partial charge in [-0.3, -0.25) is 10.1 Å². The molecule has 1 N–H and O–H groups in total. The number of nitro benzene ring substituents is 1. The molecule has 0 amide bonds. The zero-order valence-electron chi connectivity index (χ0n) is 10.9. The zero-order valence-corrected chi connectivity index (χ0v) is 10.9. The molecule has 5 heteroatoms. The topological polar surface area (TPSA) is 79.0 Å². The van der Waals surface area contributed by atoms with Gasteiger partial charge in [-0.05, 0) is 31.9 Å². The maximum atomic E-state index is 11.1. The Morgan fingerprint density at radius 3 is 2.50 bits per heavy atom. The number of benzene rings is 1. The number of para-hydroxylation sites is 1. The van der Waals surface area contributed by atoms with Gasteiger partial charge in [0.25, 0.3) is 0 Å². The van der Waals surface area contributed by atoms with Gasteiger partial charge in [0.05, 0.1) is 4.92 Å². The lowest BCUT2D eigenvalue weighted by molar-refractivity contribution is -0.384. The van der Waals surface area contributed by atoms with Crippen molar-refractivity contribution in [3.05, 3.63) is 33.9 Å². The molecule has 0 spiro atoms. The fourth-order valence-electron chi connectivity index (χ4n) is 1.68. The molecule has 0 radical (unpaired) electrons. The molecule has 0 bridgehead atoms. The molecule has 18 heavy (non-hydrogen) atoms. The van der Waals surface area contributed by atoms with E-state index in [1.165, 1.54) is 6.07 Å². The number of nitrogens with zero attached hydrogens (tertiary/aromatic N) is 2. The van der Waals surface area contributed by atoms with Gasteiger partial charge in [0.1, 0.15) is 17.3 Å². The Hall–Kier alpha value is -2.09. The van der Waals surface area contributed by atoms with Crippen LogP contribution in [0, 0.1) is 21.4 Å². The van der Waals surface area contributed by atoms with Crippen LogP contribution >= 0.6 is 0 Å². The Morgan fingerprint density at radius 2 is 2.06 bits per heavy atom. The van der Waals surface area contributed by atoms with Crippen LogP contribution in [0.3, 0.4) is 0 Å². The van der Waals surface area contributed by atoms with E-state index in [2.05, 4.69) is 5.32 Å². The SMILES string of the molecule is CCC(C)(CC)Nc1cccc(C#N)c1[N+](=O)[O-]. The molecule has 0 fully saturated rings. The minimum absolute atomic E-state index is 0.0829. The average molecular weight is 247 g/mol. The lowest BCUT2D eigenvalue weighted by Crippen LogP contribution is -2.33. The van der Waals surface area contributed by atoms with Gasteiger partial charge in [-0.15, -0.1) is 0 Å². The van der Waals surface area contributed by atoms with Crippen molar-refractivity contribution in [1.29, 1.82) is 5.26 Å². The van der Waals surface area contributed by atoms with Gasteiger partial charge in [-0.25, -0.2) is 0 Å². The van der Waals surface area contributed by atoms with E-state index < -0.39 is 4.92 Å². The van der Waals surface area contributed by atoms with E-state index in [0.717, 1.165) is 12.8 Å². The van der Waals surface area contributed by atoms with Crippen molar-refractivity contribution in [2.75, 3.05) is 5.32 Å². The van der Waals surface area contributed by atoms with Crippen LogP contribution in [-0.4, -0.2) is 10.5 Å². The predicted molar refractivity (Wildman–Crippen MR) is 70.4 cm³/mol. The lowest BCUT2D eigenvalue weighted by Gasteiger charge is -2.29. The van der Waals surface area contributed by atoms with Crippen molar-refractivity contribution < 1.29 is 4.92 Å². The number of anilines is 1. The Balaban J connectivity index is 3.26. The summed E-state index contributed by atoms with van der Waals surface area (Å²) < 4.78 is 0. The molecule has 1 rings (SSSR count). The van der Waals surface area contributed by atoms with Crippen molar-refractivity contribution >= 4 is 11.4 Å². The lowest BCUT2D eigenvalue weighted by atomic mass is 9.94. The van der Waals surface area contributed by atoms with Crippen LogP contribution in [0.25, 0.3) is 0 Å². The molecule has 0 aliphatic carbocycles. The molecule has 1 aromatic carbocycles. The minimum Gasteiger partial charge on any atom is -0.374 e. The standard InChI is InChI=1S/C13H17N3O2/c1-4-13(3,5-2)15-11-8-6-7-10(9-14)12(11)16(17)18/h6-8,15H,4-5H2,1-3H3. The van der Waals surface area contributed by atoms with Crippen molar-refractivity contribution in [3.8, 4) is 6.07 Å². The van der Waals surface area contributed by atoms with Crippen molar-refractivity contribution in [2.45, 2.75) is 39.2 Å². The molecule has 1 aromatic rings. The smallest absolute Gasteiger partial charge is 0.309 e. The third kappa shape index (κ3) is 2.77. The Labute approximate surface area is 107 Å². The normalized spacial score (nSPS) is 10.8. The summed E-state index contributed by atoms with van der Waals surface area (Å²) in [5.74, 6) is 0. The summed E-state index contributed by atoms with van der Waals surface area (Å²) in [6, 6.07) is 6.61. The van der Waals surface area contributed by atoms with Crippen LogP contribution in [0.5, 0.6) is 0 Å². The monoisotopic (exact) mass is 247 g/mol. The summed E-state index contributed by atoms with van der Waals surface area (Å²) in [7, 11) is 0. The summed E-state index contributed by atoms with van der Waals surface area (Å²) in [4.78, 5) is 10.6. The minimum atomic E-state index is -0.507. The first-order valence-corrected chi connectivity index (χ1v) is 5.93. The summed E-state index contributed by atoms with van der Waals surface area (Å²) in [6.45, 7) is 6.06. The first kappa shape index (κ1) is 14.0. The van der Waals surface area contributed by atoms with Crippen LogP contribution < -0.4 is 5.32 Å². The molecule has 0 unspecified atom stereocenters. The van der Waals surface area contributed by atoms with E-state index in [4.69, 9.17) is 5.26 Å². The van der Waals surface area contributed by atoms with Crippen LogP contribution in [-0.2, 0) is 0 Å². The van der Waals surface area contributed by atoms with E-state index in [1.54, 1.807) is 12.1 Å². The maximum Gasteiger partial charge on any atom is 0.309 e. The number of rotatable bonds is 5. The molecule has 0 saturated carbocycles. The molecule has 0 saturated heterocycles. The van der Waals surface area contributed by atoms with E-state index in [0.29, 0.717) is 5.69 Å². The Morgan fingerprint density at radius 1 is 1.44 bits per heavy atom. The highest BCUT2D eigenvalue weighted by Crippen LogP contribution is 2.32. The Kier molecular flexibility index (Phi) is 4.27. The molecule has 0 aromatic heterocycles. The van der Waals surface area contributed by atoms with Gasteiger partial charge in [0, 0.05) is 5.54 Å². The number of nitriles is 1. The fraction of sp³-hybridized carbons (Fsp3) is 0.462. The molecule has 0 aliphatic rings. The zero-order chi connectivity index (χ0) is 13.8. The fourth-order valence-corrected chi connectivity index (χ4v) is 1.68. The van der Waals surface area contributed by atoms with Crippen LogP contribution in [0.4, 0.5) is 11.4 Å². The van der Waals surface area contributed by atoms with Crippen molar-refractivity contribution in [3.63, 3.8) is 0 Å². The third-order valence-corrected chi connectivity index (χ3v) is 3.34. The van der Waals surface area contributed by atoms with Crippen LogP contribution in [0.1, 0.15) is 39.2 Å². The molecule has 0 heterocycles. The second-order valence-electron chi connectivity index (χ2n) is 4.46. The quantitative estimate of drug-likeness (QED) is 0.638. The van der Waals surface area contributed by atoms with Crippen LogP contribution in [0.2, 0.25) is 0 Å². The second kappa shape index (κ2) is 5.50. The first-order chi connectivity index (χ1) is 8.47. The number of nitrogens with one attached hydrogen (secondary N) is 1. The molecule has 5 nitrogen and oxygen atoms in total. The maximum absolute atomic E-state index is 11.1. The highest BCUT2D eigenvalue weighted by atomic mass is 16.6. The van der Waals surface area contributed by atoms with Gasteiger partial charge in [-0.2, -0.15) is 5.26 Å². The van der Waals surface area contributed by atoms with Crippen molar-refractivity contribution in [1.82, 2.24) is 0 Å². The Bertz CT molecular complexity index is 487. The van der Waals surface area contributed by atoms with Gasteiger partial charge < -0.3 is 5.32 Å². The van der Waals surface area contributed by atoms with E-state index in [1.807, 2.05) is 26.8 Å². The summed E-state index contributed by atoms with van der Waals surface area (Å²) in [5.41, 5.74) is 0.136. The highest BCUT2D eigenvalue weighted by molar-refractivity contribution is 5.69. The largest absolute Gasteiger partial charge is 0.374 e. The molecule has 0 atom stereocenters. The molecule has 96 valence electrons. The number of nitro groups is 1. The third-order valence-electron chi connectivity index (χ3n) is 3.34. The molecule has 0 aliphatic heterocycles. The average Bonchev–Trinajstić information content (AvgIpc) is 2.37. The summed E-state index contributed by atoms with van der Waals surface area (Å²) in [5, 5.41) is 23.2. The van der Waals surface area contributed by atoms with E-state index in [9.17, 15) is 10.1 Å². The second-order valence-corrected chi connectivity index (χ2v) is 4.46. The van der Waals surface area contributed by atoms with E-state index >= 15 is 0 Å². The summed E-state index contributed by atoms with van der Waals surface area (Å²) >= 11 is 0. The summed E-state index contributed by atoms with van der Waals surface area (Å²) in [6.07, 6.45) is 1.69.